The van der Waals surface area contributed by atoms with Crippen molar-refractivity contribution in [3.8, 4) is 0 Å². The third-order valence-electron chi connectivity index (χ3n) is 5.02. The molecule has 1 aromatic rings. The van der Waals surface area contributed by atoms with Crippen molar-refractivity contribution in [1.82, 2.24) is 10.4 Å². The number of benzene rings is 1. The summed E-state index contributed by atoms with van der Waals surface area (Å²) in [6.07, 6.45) is -0.368. The predicted octanol–water partition coefficient (Wildman–Crippen LogP) is 3.96. The van der Waals surface area contributed by atoms with Crippen molar-refractivity contribution in [2.75, 3.05) is 13.2 Å². The molecule has 0 radical (unpaired) electrons. The molecule has 32 heavy (non-hydrogen) atoms. The summed E-state index contributed by atoms with van der Waals surface area (Å²) in [6.45, 7) is 15.3. The first-order chi connectivity index (χ1) is 14.8. The monoisotopic (exact) mass is 466 g/mol. The molecule has 1 aromatic carbocycles. The van der Waals surface area contributed by atoms with Crippen molar-refractivity contribution < 1.29 is 27.9 Å². The normalized spacial score (nSPS) is 23.2. The molecule has 1 heterocycles. The lowest BCUT2D eigenvalue weighted by Crippen LogP contribution is -2.51. The molecule has 0 aromatic heterocycles. The average Bonchev–Trinajstić information content (AvgIpc) is 2.67. The topological polar surface area (TPSA) is 103 Å². The van der Waals surface area contributed by atoms with E-state index in [9.17, 15) is 14.2 Å². The molecule has 2 N–H and O–H groups in total. The van der Waals surface area contributed by atoms with E-state index in [0.717, 1.165) is 22.3 Å². The molecule has 9 heteroatoms. The van der Waals surface area contributed by atoms with Crippen LogP contribution in [0.15, 0.2) is 30.4 Å². The van der Waals surface area contributed by atoms with Crippen LogP contribution in [0, 0.1) is 19.3 Å². The molecule has 178 valence electrons. The van der Waals surface area contributed by atoms with Gasteiger partial charge in [0, 0.05) is 12.0 Å². The van der Waals surface area contributed by atoms with Crippen LogP contribution in [-0.2, 0) is 34.5 Å². The van der Waals surface area contributed by atoms with Crippen LogP contribution in [0.25, 0.3) is 0 Å². The Morgan fingerprint density at radius 2 is 1.91 bits per heavy atom. The van der Waals surface area contributed by atoms with Gasteiger partial charge in [-0.3, -0.25) is 18.6 Å². The molecule has 1 fully saturated rings. The summed E-state index contributed by atoms with van der Waals surface area (Å²) in [7, 11) is -3.91. The Morgan fingerprint density at radius 1 is 1.28 bits per heavy atom. The van der Waals surface area contributed by atoms with Crippen molar-refractivity contribution in [3.63, 3.8) is 0 Å². The molecular weight excluding hydrogens is 431 g/mol. The minimum atomic E-state index is -3.91. The Hall–Kier alpha value is -1.99. The fraction of sp³-hybridized carbons (Fsp3) is 0.565. The molecule has 1 unspecified atom stereocenters. The smallest absolute Gasteiger partial charge is 0.407 e. The Bertz CT molecular complexity index is 893. The SMILES string of the molecule is C=C(C)CCNC(=O)[C@@H]1OP(=O)(N[C@@H](C)C(=O)OCc2cc(C)cc(C)c2)OCC1(C)C. The second-order valence-corrected chi connectivity index (χ2v) is 10.9. The number of amides is 1. The summed E-state index contributed by atoms with van der Waals surface area (Å²) in [5.74, 6) is -0.981. The number of carbonyl (C=O) groups is 2. The van der Waals surface area contributed by atoms with E-state index in [1.807, 2.05) is 39.0 Å². The van der Waals surface area contributed by atoms with Crippen LogP contribution in [0.2, 0.25) is 0 Å². The molecule has 1 saturated heterocycles. The van der Waals surface area contributed by atoms with Gasteiger partial charge in [0.05, 0.1) is 6.61 Å². The van der Waals surface area contributed by atoms with Crippen LogP contribution in [0.5, 0.6) is 0 Å². The fourth-order valence-electron chi connectivity index (χ4n) is 3.32. The number of nitrogens with one attached hydrogen (secondary N) is 2. The molecule has 8 nitrogen and oxygen atoms in total. The van der Waals surface area contributed by atoms with Crippen LogP contribution in [-0.4, -0.2) is 37.2 Å². The highest BCUT2D eigenvalue weighted by Crippen LogP contribution is 2.53. The number of carbonyl (C=O) groups excluding carboxylic acids is 2. The first-order valence-electron chi connectivity index (χ1n) is 10.7. The van der Waals surface area contributed by atoms with Gasteiger partial charge in [0.2, 0.25) is 5.91 Å². The third kappa shape index (κ3) is 7.55. The van der Waals surface area contributed by atoms with Crippen molar-refractivity contribution in [2.45, 2.75) is 66.7 Å². The van der Waals surface area contributed by atoms with E-state index in [-0.39, 0.29) is 19.1 Å². The van der Waals surface area contributed by atoms with Gasteiger partial charge in [0.1, 0.15) is 12.6 Å². The number of aryl methyl sites for hydroxylation is 2. The minimum Gasteiger partial charge on any atom is -0.460 e. The summed E-state index contributed by atoms with van der Waals surface area (Å²) < 4.78 is 29.5. The lowest BCUT2D eigenvalue weighted by molar-refractivity contribution is -0.147. The molecule has 2 rings (SSSR count). The summed E-state index contributed by atoms with van der Waals surface area (Å²) in [5.41, 5.74) is 3.26. The summed E-state index contributed by atoms with van der Waals surface area (Å²) in [4.78, 5) is 25.1. The van der Waals surface area contributed by atoms with E-state index in [4.69, 9.17) is 13.8 Å². The molecule has 1 aliphatic rings. The average molecular weight is 467 g/mol. The van der Waals surface area contributed by atoms with Crippen molar-refractivity contribution in [1.29, 1.82) is 0 Å². The van der Waals surface area contributed by atoms with Gasteiger partial charge in [-0.2, -0.15) is 0 Å². The fourth-order valence-corrected chi connectivity index (χ4v) is 5.26. The quantitative estimate of drug-likeness (QED) is 0.323. The van der Waals surface area contributed by atoms with E-state index in [1.165, 1.54) is 6.92 Å². The Morgan fingerprint density at radius 3 is 2.50 bits per heavy atom. The first-order valence-corrected chi connectivity index (χ1v) is 12.2. The molecule has 0 spiro atoms. The summed E-state index contributed by atoms with van der Waals surface area (Å²) in [5, 5.41) is 5.37. The highest BCUT2D eigenvalue weighted by Gasteiger charge is 2.48. The van der Waals surface area contributed by atoms with Gasteiger partial charge in [-0.1, -0.05) is 48.7 Å². The minimum absolute atomic E-state index is 0.0280. The van der Waals surface area contributed by atoms with Gasteiger partial charge in [-0.05, 0) is 39.7 Å². The Kier molecular flexibility index (Phi) is 8.82. The summed E-state index contributed by atoms with van der Waals surface area (Å²) in [6, 6.07) is 4.95. The molecule has 0 aliphatic carbocycles. The van der Waals surface area contributed by atoms with E-state index < -0.39 is 31.3 Å². The van der Waals surface area contributed by atoms with Gasteiger partial charge in [-0.15, -0.1) is 6.58 Å². The maximum Gasteiger partial charge on any atom is 0.407 e. The zero-order chi connectivity index (χ0) is 24.1. The van der Waals surface area contributed by atoms with Gasteiger partial charge < -0.3 is 10.1 Å². The Labute approximate surface area is 190 Å². The van der Waals surface area contributed by atoms with E-state index in [2.05, 4.69) is 17.0 Å². The zero-order valence-corrected chi connectivity index (χ0v) is 20.7. The maximum atomic E-state index is 13.1. The predicted molar refractivity (Wildman–Crippen MR) is 123 cm³/mol. The van der Waals surface area contributed by atoms with Crippen molar-refractivity contribution in [3.05, 3.63) is 47.0 Å². The molecule has 0 saturated carbocycles. The lowest BCUT2D eigenvalue weighted by Gasteiger charge is -2.40. The first kappa shape index (κ1) is 26.3. The summed E-state index contributed by atoms with van der Waals surface area (Å²) >= 11 is 0. The molecular formula is C23H35N2O6P. The van der Waals surface area contributed by atoms with Gasteiger partial charge in [0.25, 0.3) is 0 Å². The highest BCUT2D eigenvalue weighted by atomic mass is 31.2. The van der Waals surface area contributed by atoms with Gasteiger partial charge in [-0.25, -0.2) is 9.65 Å². The second kappa shape index (κ2) is 10.8. The van der Waals surface area contributed by atoms with Crippen LogP contribution in [0.3, 0.4) is 0 Å². The number of hydrogen-bond donors (Lipinski definition) is 2. The zero-order valence-electron chi connectivity index (χ0n) is 19.8. The van der Waals surface area contributed by atoms with Crippen LogP contribution >= 0.6 is 7.75 Å². The number of ether oxygens (including phenoxy) is 1. The van der Waals surface area contributed by atoms with Crippen LogP contribution in [0.4, 0.5) is 0 Å². The standard InChI is InChI=1S/C23H35N2O6P/c1-15(2)8-9-24-21(26)20-23(6,7)14-30-32(28,31-20)25-18(5)22(27)29-13-19-11-16(3)10-17(4)12-19/h10-12,18,20H,1,8-9,13-14H2,2-7H3,(H,24,26)(H,25,28)/t18-,20-,32?/m0/s1. The van der Waals surface area contributed by atoms with Crippen molar-refractivity contribution in [2.24, 2.45) is 5.41 Å². The molecule has 1 amide bonds. The van der Waals surface area contributed by atoms with Crippen molar-refractivity contribution >= 4 is 19.6 Å². The lowest BCUT2D eigenvalue weighted by atomic mass is 9.87. The largest absolute Gasteiger partial charge is 0.460 e. The third-order valence-corrected chi connectivity index (χ3v) is 6.68. The molecule has 3 atom stereocenters. The second-order valence-electron chi connectivity index (χ2n) is 9.20. The Balaban J connectivity index is 1.97. The van der Waals surface area contributed by atoms with Gasteiger partial charge >= 0.3 is 13.7 Å². The number of rotatable bonds is 9. The van der Waals surface area contributed by atoms with E-state index >= 15 is 0 Å². The van der Waals surface area contributed by atoms with E-state index in [1.54, 1.807) is 13.8 Å². The van der Waals surface area contributed by atoms with Crippen LogP contribution < -0.4 is 10.4 Å². The number of hydrogen-bond acceptors (Lipinski definition) is 6. The van der Waals surface area contributed by atoms with Crippen LogP contribution in [0.1, 0.15) is 50.8 Å². The molecule has 1 aliphatic heterocycles. The van der Waals surface area contributed by atoms with Gasteiger partial charge in [0.15, 0.2) is 6.10 Å². The number of esters is 1. The highest BCUT2D eigenvalue weighted by molar-refractivity contribution is 7.51. The van der Waals surface area contributed by atoms with E-state index in [0.29, 0.717) is 13.0 Å². The maximum absolute atomic E-state index is 13.1. The molecule has 0 bridgehead atoms.